The van der Waals surface area contributed by atoms with Crippen LogP contribution in [0.1, 0.15) is 21.7 Å². The molecule has 0 aliphatic rings. The highest BCUT2D eigenvalue weighted by Crippen LogP contribution is 2.30. The van der Waals surface area contributed by atoms with Crippen LogP contribution in [0.3, 0.4) is 0 Å². The number of carbonyl (C=O) groups excluding carboxylic acids is 1. The van der Waals surface area contributed by atoms with Crippen molar-refractivity contribution in [3.05, 3.63) is 64.9 Å². The molecule has 0 fully saturated rings. The Balaban J connectivity index is 1.89. The lowest BCUT2D eigenvalue weighted by atomic mass is 10.1. The lowest BCUT2D eigenvalue weighted by Gasteiger charge is -2.07. The maximum absolute atomic E-state index is 13.6. The summed E-state index contributed by atoms with van der Waals surface area (Å²) in [4.78, 5) is 11.9. The van der Waals surface area contributed by atoms with Gasteiger partial charge < -0.3 is 13.9 Å². The predicted molar refractivity (Wildman–Crippen MR) is 83.0 cm³/mol. The van der Waals surface area contributed by atoms with E-state index in [9.17, 15) is 13.6 Å². The van der Waals surface area contributed by atoms with E-state index < -0.39 is 17.6 Å². The molecular weight excluding hydrogens is 318 g/mol. The fourth-order valence-corrected chi connectivity index (χ4v) is 2.44. The minimum atomic E-state index is -0.675. The van der Waals surface area contributed by atoms with Crippen molar-refractivity contribution in [1.82, 2.24) is 0 Å². The van der Waals surface area contributed by atoms with Crippen LogP contribution in [0, 0.1) is 18.6 Å². The minimum Gasteiger partial charge on any atom is -0.489 e. The Kier molecular flexibility index (Phi) is 4.20. The summed E-state index contributed by atoms with van der Waals surface area (Å²) in [6.07, 6.45) is 0. The van der Waals surface area contributed by atoms with Gasteiger partial charge in [0.15, 0.2) is 0 Å². The lowest BCUT2D eigenvalue weighted by molar-refractivity contribution is 0.0600. The Bertz CT molecular complexity index is 915. The van der Waals surface area contributed by atoms with E-state index in [1.54, 1.807) is 25.1 Å². The SMILES string of the molecule is COC(=O)c1c(C)oc2ccc(OCc3ccc(F)cc3F)cc12. The average molecular weight is 332 g/mol. The number of hydrogen-bond acceptors (Lipinski definition) is 4. The summed E-state index contributed by atoms with van der Waals surface area (Å²) in [6, 6.07) is 8.22. The maximum atomic E-state index is 13.6. The monoisotopic (exact) mass is 332 g/mol. The molecule has 3 rings (SSSR count). The molecule has 4 nitrogen and oxygen atoms in total. The van der Waals surface area contributed by atoms with Crippen molar-refractivity contribution >= 4 is 16.9 Å². The number of furan rings is 1. The molecule has 0 saturated heterocycles. The standard InChI is InChI=1S/C18H14F2O4/c1-10-17(18(21)22-2)14-8-13(5-6-16(14)24-10)23-9-11-3-4-12(19)7-15(11)20/h3-8H,9H2,1-2H3. The highest BCUT2D eigenvalue weighted by molar-refractivity contribution is 6.04. The third kappa shape index (κ3) is 2.95. The number of halogens is 2. The Morgan fingerprint density at radius 1 is 1.17 bits per heavy atom. The number of benzene rings is 2. The molecule has 124 valence electrons. The molecule has 24 heavy (non-hydrogen) atoms. The Morgan fingerprint density at radius 2 is 1.96 bits per heavy atom. The van der Waals surface area contributed by atoms with Gasteiger partial charge in [-0.15, -0.1) is 0 Å². The van der Waals surface area contributed by atoms with Gasteiger partial charge in [-0.25, -0.2) is 13.6 Å². The Morgan fingerprint density at radius 3 is 2.67 bits per heavy atom. The van der Waals surface area contributed by atoms with Crippen LogP contribution in [0.5, 0.6) is 5.75 Å². The summed E-state index contributed by atoms with van der Waals surface area (Å²) in [5.41, 5.74) is 1.08. The van der Waals surface area contributed by atoms with E-state index in [-0.39, 0.29) is 12.2 Å². The summed E-state index contributed by atoms with van der Waals surface area (Å²) in [7, 11) is 1.29. The van der Waals surface area contributed by atoms with Crippen molar-refractivity contribution in [2.24, 2.45) is 0 Å². The number of fused-ring (bicyclic) bond motifs is 1. The first-order valence-corrected chi connectivity index (χ1v) is 7.18. The molecular formula is C18H14F2O4. The first kappa shape index (κ1) is 16.0. The molecule has 0 amide bonds. The number of methoxy groups -OCH3 is 1. The number of aryl methyl sites for hydroxylation is 1. The van der Waals surface area contributed by atoms with E-state index in [4.69, 9.17) is 13.9 Å². The summed E-state index contributed by atoms with van der Waals surface area (Å²) < 4.78 is 42.3. The number of hydrogen-bond donors (Lipinski definition) is 0. The van der Waals surface area contributed by atoms with Crippen LogP contribution >= 0.6 is 0 Å². The fraction of sp³-hybridized carbons (Fsp3) is 0.167. The van der Waals surface area contributed by atoms with Gasteiger partial charge in [0, 0.05) is 17.0 Å². The summed E-state index contributed by atoms with van der Waals surface area (Å²) in [6.45, 7) is 1.60. The van der Waals surface area contributed by atoms with Crippen LogP contribution in [0.2, 0.25) is 0 Å². The third-order valence-electron chi connectivity index (χ3n) is 3.63. The largest absolute Gasteiger partial charge is 0.489 e. The molecule has 6 heteroatoms. The molecule has 0 aliphatic heterocycles. The van der Waals surface area contributed by atoms with E-state index in [1.165, 1.54) is 19.2 Å². The van der Waals surface area contributed by atoms with Crippen LogP contribution in [0.25, 0.3) is 11.0 Å². The van der Waals surface area contributed by atoms with E-state index in [2.05, 4.69) is 0 Å². The predicted octanol–water partition coefficient (Wildman–Crippen LogP) is 4.39. The number of carbonyl (C=O) groups is 1. The van der Waals surface area contributed by atoms with Gasteiger partial charge in [0.05, 0.1) is 7.11 Å². The van der Waals surface area contributed by atoms with Gasteiger partial charge >= 0.3 is 5.97 Å². The first-order valence-electron chi connectivity index (χ1n) is 7.18. The molecule has 0 bridgehead atoms. The van der Waals surface area contributed by atoms with Crippen molar-refractivity contribution in [3.8, 4) is 5.75 Å². The van der Waals surface area contributed by atoms with Crippen molar-refractivity contribution in [2.45, 2.75) is 13.5 Å². The minimum absolute atomic E-state index is 0.0674. The molecule has 0 N–H and O–H groups in total. The fourth-order valence-electron chi connectivity index (χ4n) is 2.44. The maximum Gasteiger partial charge on any atom is 0.342 e. The van der Waals surface area contributed by atoms with Gasteiger partial charge in [0.25, 0.3) is 0 Å². The van der Waals surface area contributed by atoms with Gasteiger partial charge in [-0.2, -0.15) is 0 Å². The molecule has 1 heterocycles. The second-order valence-electron chi connectivity index (χ2n) is 5.21. The summed E-state index contributed by atoms with van der Waals surface area (Å²) >= 11 is 0. The van der Waals surface area contributed by atoms with Gasteiger partial charge in [-0.1, -0.05) is 0 Å². The van der Waals surface area contributed by atoms with Crippen LogP contribution in [-0.4, -0.2) is 13.1 Å². The molecule has 0 atom stereocenters. The zero-order valence-electron chi connectivity index (χ0n) is 13.1. The molecule has 0 radical (unpaired) electrons. The molecule has 1 aromatic heterocycles. The van der Waals surface area contributed by atoms with Crippen molar-refractivity contribution in [2.75, 3.05) is 7.11 Å². The number of ether oxygens (including phenoxy) is 2. The number of rotatable bonds is 4. The van der Waals surface area contributed by atoms with Crippen LogP contribution < -0.4 is 4.74 Å². The van der Waals surface area contributed by atoms with E-state index >= 15 is 0 Å². The topological polar surface area (TPSA) is 48.7 Å². The highest BCUT2D eigenvalue weighted by atomic mass is 19.1. The molecule has 0 saturated carbocycles. The van der Waals surface area contributed by atoms with Gasteiger partial charge in [0.1, 0.15) is 40.9 Å². The quantitative estimate of drug-likeness (QED) is 0.665. The van der Waals surface area contributed by atoms with Gasteiger partial charge in [-0.05, 0) is 37.3 Å². The van der Waals surface area contributed by atoms with Gasteiger partial charge in [-0.3, -0.25) is 0 Å². The van der Waals surface area contributed by atoms with Crippen LogP contribution in [-0.2, 0) is 11.3 Å². The molecule has 2 aromatic carbocycles. The van der Waals surface area contributed by atoms with Gasteiger partial charge in [0.2, 0.25) is 0 Å². The van der Waals surface area contributed by atoms with E-state index in [0.29, 0.717) is 28.0 Å². The highest BCUT2D eigenvalue weighted by Gasteiger charge is 2.19. The Hall–Kier alpha value is -2.89. The normalized spacial score (nSPS) is 10.8. The zero-order chi connectivity index (χ0) is 17.3. The van der Waals surface area contributed by atoms with E-state index in [0.717, 1.165) is 6.07 Å². The Labute approximate surface area is 136 Å². The smallest absolute Gasteiger partial charge is 0.342 e. The number of esters is 1. The van der Waals surface area contributed by atoms with Crippen LogP contribution in [0.15, 0.2) is 40.8 Å². The van der Waals surface area contributed by atoms with E-state index in [1.807, 2.05) is 0 Å². The van der Waals surface area contributed by atoms with Crippen molar-refractivity contribution in [3.63, 3.8) is 0 Å². The summed E-state index contributed by atoms with van der Waals surface area (Å²) in [5, 5.41) is 0.552. The van der Waals surface area contributed by atoms with Crippen LogP contribution in [0.4, 0.5) is 8.78 Å². The summed E-state index contributed by atoms with van der Waals surface area (Å²) in [5.74, 6) is -0.955. The molecule has 3 aromatic rings. The molecule has 0 aliphatic carbocycles. The lowest BCUT2D eigenvalue weighted by Crippen LogP contribution is -2.02. The zero-order valence-corrected chi connectivity index (χ0v) is 13.1. The average Bonchev–Trinajstić information content (AvgIpc) is 2.88. The molecule has 0 unspecified atom stereocenters. The van der Waals surface area contributed by atoms with Crippen molar-refractivity contribution in [1.29, 1.82) is 0 Å². The van der Waals surface area contributed by atoms with Crippen molar-refractivity contribution < 1.29 is 27.5 Å². The second-order valence-corrected chi connectivity index (χ2v) is 5.21. The third-order valence-corrected chi connectivity index (χ3v) is 3.63. The second kappa shape index (κ2) is 6.31. The molecule has 0 spiro atoms. The first-order chi connectivity index (χ1) is 11.5.